The minimum Gasteiger partial charge on any atom is -0.506 e. The van der Waals surface area contributed by atoms with Gasteiger partial charge in [-0.15, -0.1) is 5.10 Å². The number of nitrogens with one attached hydrogen (secondary N) is 1. The van der Waals surface area contributed by atoms with E-state index in [9.17, 15) is 0 Å². The number of hydrogen-bond donors (Lipinski definition) is 2. The number of nitrogens with zero attached hydrogens (tertiary/aromatic N) is 2. The third kappa shape index (κ3) is 2.32. The fourth-order valence-electron chi connectivity index (χ4n) is 1.25. The SMILES string of the molecule is C1=C[SiH2]C=C1.Oc1cccc2[nH]nnc12. The molecule has 0 radical (unpaired) electrons. The summed E-state index contributed by atoms with van der Waals surface area (Å²) in [4.78, 5) is 0. The number of phenols is 1. The van der Waals surface area contributed by atoms with Gasteiger partial charge in [-0.1, -0.05) is 34.8 Å². The summed E-state index contributed by atoms with van der Waals surface area (Å²) in [6.45, 7) is 0. The fourth-order valence-corrected chi connectivity index (χ4v) is 2.03. The van der Waals surface area contributed by atoms with Gasteiger partial charge in [0.15, 0.2) is 5.52 Å². The highest BCUT2D eigenvalue weighted by molar-refractivity contribution is 6.49. The number of phenolic OH excluding ortho intramolecular Hbond substituents is 1. The summed E-state index contributed by atoms with van der Waals surface area (Å²) in [6.07, 6.45) is 4.23. The Morgan fingerprint density at radius 2 is 2.00 bits per heavy atom. The van der Waals surface area contributed by atoms with Gasteiger partial charge in [-0.3, -0.25) is 5.10 Å². The summed E-state index contributed by atoms with van der Waals surface area (Å²) in [7, 11) is 0.182. The van der Waals surface area contributed by atoms with Crippen molar-refractivity contribution in [2.45, 2.75) is 0 Å². The summed E-state index contributed by atoms with van der Waals surface area (Å²) >= 11 is 0. The van der Waals surface area contributed by atoms with E-state index in [2.05, 4.69) is 39.0 Å². The summed E-state index contributed by atoms with van der Waals surface area (Å²) in [6, 6.07) is 5.11. The van der Waals surface area contributed by atoms with Crippen LogP contribution in [0.4, 0.5) is 0 Å². The van der Waals surface area contributed by atoms with E-state index in [0.717, 1.165) is 5.52 Å². The molecule has 15 heavy (non-hydrogen) atoms. The van der Waals surface area contributed by atoms with E-state index in [1.54, 1.807) is 18.2 Å². The number of rotatable bonds is 0. The standard InChI is InChI=1S/C6H5N3O.C4H6Si/c10-5-3-1-2-4-6(5)8-9-7-4;1-2-4-5-3-1/h1-3,10H,(H,7,8,9);1-4H,5H2. The Bertz CT molecular complexity index is 494. The lowest BCUT2D eigenvalue weighted by Crippen LogP contribution is -1.68. The van der Waals surface area contributed by atoms with Crippen LogP contribution in [0.5, 0.6) is 5.75 Å². The number of aromatic amines is 1. The van der Waals surface area contributed by atoms with Crippen LogP contribution < -0.4 is 0 Å². The maximum atomic E-state index is 9.14. The van der Waals surface area contributed by atoms with Gasteiger partial charge in [0.25, 0.3) is 0 Å². The highest BCUT2D eigenvalue weighted by Gasteiger charge is 1.99. The van der Waals surface area contributed by atoms with Gasteiger partial charge in [0, 0.05) is 0 Å². The molecule has 0 spiro atoms. The molecule has 1 aliphatic heterocycles. The molecular formula is C10H11N3OSi. The molecule has 4 nitrogen and oxygen atoms in total. The largest absolute Gasteiger partial charge is 0.506 e. The second kappa shape index (κ2) is 4.56. The van der Waals surface area contributed by atoms with Crippen LogP contribution in [0.25, 0.3) is 11.0 Å². The summed E-state index contributed by atoms with van der Waals surface area (Å²) in [5, 5.41) is 19.0. The topological polar surface area (TPSA) is 61.8 Å². The van der Waals surface area contributed by atoms with Crippen LogP contribution in [-0.2, 0) is 0 Å². The first kappa shape index (κ1) is 9.66. The van der Waals surface area contributed by atoms with Crippen LogP contribution in [0.15, 0.2) is 41.7 Å². The monoisotopic (exact) mass is 217 g/mol. The van der Waals surface area contributed by atoms with Crippen molar-refractivity contribution in [3.63, 3.8) is 0 Å². The van der Waals surface area contributed by atoms with E-state index >= 15 is 0 Å². The van der Waals surface area contributed by atoms with Crippen molar-refractivity contribution in [3.8, 4) is 5.75 Å². The van der Waals surface area contributed by atoms with Crippen molar-refractivity contribution in [1.82, 2.24) is 15.4 Å². The minimum absolute atomic E-state index is 0.159. The molecule has 0 saturated carbocycles. The highest BCUT2D eigenvalue weighted by atomic mass is 28.2. The molecule has 76 valence electrons. The molecule has 2 N–H and O–H groups in total. The molecule has 1 aromatic carbocycles. The van der Waals surface area contributed by atoms with Crippen LogP contribution in [0.2, 0.25) is 0 Å². The number of allylic oxidation sites excluding steroid dienone is 2. The van der Waals surface area contributed by atoms with Gasteiger partial charge in [-0.2, -0.15) is 0 Å². The van der Waals surface area contributed by atoms with E-state index in [1.807, 2.05) is 0 Å². The number of hydrogen-bond acceptors (Lipinski definition) is 3. The van der Waals surface area contributed by atoms with Crippen molar-refractivity contribution in [2.24, 2.45) is 0 Å². The van der Waals surface area contributed by atoms with Gasteiger partial charge < -0.3 is 5.11 Å². The molecule has 5 heteroatoms. The second-order valence-corrected chi connectivity index (χ2v) is 4.49. The first-order chi connectivity index (χ1) is 7.38. The number of fused-ring (bicyclic) bond motifs is 1. The Labute approximate surface area is 89.1 Å². The summed E-state index contributed by atoms with van der Waals surface area (Å²) in [5.41, 5.74) is 5.79. The Balaban J connectivity index is 0.000000144. The van der Waals surface area contributed by atoms with E-state index in [0.29, 0.717) is 5.52 Å². The number of aromatic nitrogens is 3. The van der Waals surface area contributed by atoms with Crippen molar-refractivity contribution < 1.29 is 5.11 Å². The lowest BCUT2D eigenvalue weighted by molar-refractivity contribution is 0.480. The molecule has 0 atom stereocenters. The quantitative estimate of drug-likeness (QED) is 0.643. The number of benzene rings is 1. The van der Waals surface area contributed by atoms with Crippen LogP contribution in [0.3, 0.4) is 0 Å². The normalized spacial score (nSPS) is 12.8. The average molecular weight is 217 g/mol. The molecule has 0 unspecified atom stereocenters. The predicted molar refractivity (Wildman–Crippen MR) is 62.4 cm³/mol. The maximum Gasteiger partial charge on any atom is 0.154 e. The average Bonchev–Trinajstić information content (AvgIpc) is 2.93. The van der Waals surface area contributed by atoms with Crippen molar-refractivity contribution in [1.29, 1.82) is 0 Å². The third-order valence-electron chi connectivity index (χ3n) is 1.99. The molecule has 0 amide bonds. The first-order valence-corrected chi connectivity index (χ1v) is 6.31. The van der Waals surface area contributed by atoms with Gasteiger partial charge in [-0.25, -0.2) is 0 Å². The highest BCUT2D eigenvalue weighted by Crippen LogP contribution is 2.18. The fraction of sp³-hybridized carbons (Fsp3) is 0. The van der Waals surface area contributed by atoms with Crippen molar-refractivity contribution >= 4 is 20.6 Å². The maximum absolute atomic E-state index is 9.14. The number of H-pyrrole nitrogens is 1. The molecule has 0 aliphatic carbocycles. The lowest BCUT2D eigenvalue weighted by Gasteiger charge is -1.87. The van der Waals surface area contributed by atoms with Gasteiger partial charge in [-0.05, 0) is 12.1 Å². The van der Waals surface area contributed by atoms with Gasteiger partial charge in [0.1, 0.15) is 5.75 Å². The Morgan fingerprint density at radius 3 is 2.60 bits per heavy atom. The molecular weight excluding hydrogens is 206 g/mol. The summed E-state index contributed by atoms with van der Waals surface area (Å²) < 4.78 is 0. The summed E-state index contributed by atoms with van der Waals surface area (Å²) in [5.74, 6) is 0.159. The molecule has 3 rings (SSSR count). The molecule has 1 aromatic heterocycles. The van der Waals surface area contributed by atoms with Gasteiger partial charge in [0.05, 0.1) is 15.0 Å². The third-order valence-corrected chi connectivity index (χ3v) is 3.08. The zero-order valence-corrected chi connectivity index (χ0v) is 9.50. The Hall–Kier alpha value is -1.88. The van der Waals surface area contributed by atoms with Crippen molar-refractivity contribution in [3.05, 3.63) is 41.7 Å². The van der Waals surface area contributed by atoms with Crippen LogP contribution in [0.1, 0.15) is 0 Å². The smallest absolute Gasteiger partial charge is 0.154 e. The molecule has 0 fully saturated rings. The lowest BCUT2D eigenvalue weighted by atomic mass is 10.3. The zero-order valence-electron chi connectivity index (χ0n) is 8.09. The molecule has 0 saturated heterocycles. The van der Waals surface area contributed by atoms with E-state index in [-0.39, 0.29) is 15.3 Å². The molecule has 2 heterocycles. The van der Waals surface area contributed by atoms with Crippen molar-refractivity contribution in [2.75, 3.05) is 0 Å². The molecule has 0 bridgehead atoms. The zero-order chi connectivity index (χ0) is 10.5. The minimum atomic E-state index is 0.159. The van der Waals surface area contributed by atoms with E-state index in [1.165, 1.54) is 0 Å². The Morgan fingerprint density at radius 1 is 1.20 bits per heavy atom. The molecule has 2 aromatic rings. The predicted octanol–water partition coefficient (Wildman–Crippen LogP) is 0.860. The van der Waals surface area contributed by atoms with Crippen LogP contribution in [0, 0.1) is 0 Å². The molecule has 1 aliphatic rings. The second-order valence-electron chi connectivity index (χ2n) is 3.08. The number of aromatic hydroxyl groups is 1. The van der Waals surface area contributed by atoms with Gasteiger partial charge in [0.2, 0.25) is 0 Å². The first-order valence-electron chi connectivity index (χ1n) is 4.68. The van der Waals surface area contributed by atoms with E-state index in [4.69, 9.17) is 5.11 Å². The van der Waals surface area contributed by atoms with Gasteiger partial charge >= 0.3 is 0 Å². The van der Waals surface area contributed by atoms with E-state index < -0.39 is 0 Å². The van der Waals surface area contributed by atoms with Crippen LogP contribution in [-0.4, -0.2) is 30.0 Å². The Kier molecular flexibility index (Phi) is 2.94. The van der Waals surface area contributed by atoms with Crippen LogP contribution >= 0.6 is 0 Å².